The summed E-state index contributed by atoms with van der Waals surface area (Å²) in [6.45, 7) is 1.80. The number of benzene rings is 3. The number of hydrogen-bond donors (Lipinski definition) is 4. The molecule has 0 spiro atoms. The van der Waals surface area contributed by atoms with Gasteiger partial charge in [0.05, 0.1) is 34.0 Å². The summed E-state index contributed by atoms with van der Waals surface area (Å²) in [7, 11) is -2.45. The van der Waals surface area contributed by atoms with Crippen molar-refractivity contribution < 1.29 is 27.9 Å². The molecular weight excluding hydrogens is 682 g/mol. The Morgan fingerprint density at radius 1 is 0.956 bits per heavy atom. The lowest BCUT2D eigenvalue weighted by Crippen LogP contribution is -2.50. The number of carbonyl (C=O) groups excluding carboxylic acids is 3. The van der Waals surface area contributed by atoms with E-state index in [1.165, 1.54) is 31.4 Å². The maximum absolute atomic E-state index is 13.7. The summed E-state index contributed by atoms with van der Waals surface area (Å²) >= 11 is 4.43. The van der Waals surface area contributed by atoms with Gasteiger partial charge in [-0.05, 0) is 58.6 Å². The van der Waals surface area contributed by atoms with Crippen molar-refractivity contribution in [2.45, 2.75) is 31.5 Å². The first-order valence-corrected chi connectivity index (χ1v) is 17.2. The molecule has 0 saturated carbocycles. The fourth-order valence-corrected chi connectivity index (χ4v) is 5.99. The molecule has 3 atom stereocenters. The third-order valence-corrected chi connectivity index (χ3v) is 9.52. The van der Waals surface area contributed by atoms with Gasteiger partial charge in [0.25, 0.3) is 17.7 Å². The van der Waals surface area contributed by atoms with Crippen LogP contribution in [0.5, 0.6) is 0 Å². The highest BCUT2D eigenvalue weighted by molar-refractivity contribution is 9.11. The molecule has 3 amide bonds. The van der Waals surface area contributed by atoms with Crippen molar-refractivity contribution in [3.05, 3.63) is 111 Å². The standard InChI is InChI=1S/C31H32BrN5O6S2/c1-19(21-12-8-5-9-13-21)34-28(39)22-15-23(17-24(16-22)37(2)45(3,42)43)29(40)35-25(14-20-10-6-4-7-11-20)27(38)30(41)36-31-33-18-26(32)44-31/h4-13,15-19,25,27,38H,14H2,1-3H3,(H,34,39)(H,35,40)(H,33,36,41)/t19-,25+,27-/m1/s1. The van der Waals surface area contributed by atoms with E-state index in [1.807, 2.05) is 36.4 Å². The van der Waals surface area contributed by atoms with Crippen LogP contribution in [0.1, 0.15) is 44.8 Å². The minimum atomic E-state index is -3.75. The molecule has 3 aromatic carbocycles. The lowest BCUT2D eigenvalue weighted by molar-refractivity contribution is -0.125. The number of amides is 3. The van der Waals surface area contributed by atoms with E-state index >= 15 is 0 Å². The van der Waals surface area contributed by atoms with Crippen LogP contribution >= 0.6 is 27.3 Å². The van der Waals surface area contributed by atoms with E-state index in [4.69, 9.17) is 0 Å². The van der Waals surface area contributed by atoms with E-state index in [2.05, 4.69) is 36.9 Å². The molecule has 0 radical (unpaired) electrons. The fourth-order valence-electron chi connectivity index (χ4n) is 4.39. The van der Waals surface area contributed by atoms with Crippen LogP contribution < -0.4 is 20.3 Å². The Labute approximate surface area is 273 Å². The minimum Gasteiger partial charge on any atom is -0.381 e. The minimum absolute atomic E-state index is 0.0446. The third-order valence-electron chi connectivity index (χ3n) is 6.92. The van der Waals surface area contributed by atoms with Crippen molar-refractivity contribution in [2.75, 3.05) is 22.9 Å². The zero-order valence-corrected chi connectivity index (χ0v) is 27.8. The summed E-state index contributed by atoms with van der Waals surface area (Å²) in [5.74, 6) is -2.04. The topological polar surface area (TPSA) is 158 Å². The van der Waals surface area contributed by atoms with Crippen LogP contribution in [-0.4, -0.2) is 61.7 Å². The summed E-state index contributed by atoms with van der Waals surface area (Å²) in [5.41, 5.74) is 1.68. The van der Waals surface area contributed by atoms with E-state index < -0.39 is 39.9 Å². The number of anilines is 2. The molecule has 236 valence electrons. The van der Waals surface area contributed by atoms with Crippen LogP contribution in [0.25, 0.3) is 0 Å². The normalized spacial score (nSPS) is 13.3. The predicted molar refractivity (Wildman–Crippen MR) is 178 cm³/mol. The number of rotatable bonds is 12. The molecule has 4 N–H and O–H groups in total. The Kier molecular flexibility index (Phi) is 11.1. The second kappa shape index (κ2) is 14.8. The lowest BCUT2D eigenvalue weighted by atomic mass is 9.99. The molecule has 14 heteroatoms. The van der Waals surface area contributed by atoms with Crippen LogP contribution in [0, 0.1) is 0 Å². The average molecular weight is 715 g/mol. The molecule has 0 fully saturated rings. The highest BCUT2D eigenvalue weighted by Crippen LogP contribution is 2.24. The van der Waals surface area contributed by atoms with Gasteiger partial charge in [-0.3, -0.25) is 24.0 Å². The van der Waals surface area contributed by atoms with Crippen LogP contribution in [0.2, 0.25) is 0 Å². The molecule has 0 aliphatic carbocycles. The number of aliphatic hydroxyl groups is 1. The number of aromatic nitrogens is 1. The first kappa shape index (κ1) is 33.8. The quantitative estimate of drug-likeness (QED) is 0.172. The van der Waals surface area contributed by atoms with Crippen LogP contribution in [0.15, 0.2) is 88.8 Å². The van der Waals surface area contributed by atoms with E-state index in [9.17, 15) is 27.9 Å². The monoisotopic (exact) mass is 713 g/mol. The summed E-state index contributed by atoms with van der Waals surface area (Å²) in [6, 6.07) is 20.8. The van der Waals surface area contributed by atoms with Crippen molar-refractivity contribution in [3.8, 4) is 0 Å². The molecule has 4 rings (SSSR count). The number of nitrogens with zero attached hydrogens (tertiary/aromatic N) is 2. The van der Waals surface area contributed by atoms with E-state index in [-0.39, 0.29) is 34.4 Å². The molecule has 0 unspecified atom stereocenters. The predicted octanol–water partition coefficient (Wildman–Crippen LogP) is 4.13. The van der Waals surface area contributed by atoms with Crippen molar-refractivity contribution in [1.82, 2.24) is 15.6 Å². The zero-order valence-electron chi connectivity index (χ0n) is 24.6. The van der Waals surface area contributed by atoms with Crippen molar-refractivity contribution in [2.24, 2.45) is 0 Å². The Morgan fingerprint density at radius 3 is 2.09 bits per heavy atom. The number of halogens is 1. The molecule has 0 aliphatic heterocycles. The maximum atomic E-state index is 13.7. The number of hydrogen-bond acceptors (Lipinski definition) is 8. The number of nitrogens with one attached hydrogen (secondary N) is 3. The van der Waals surface area contributed by atoms with E-state index in [0.717, 1.165) is 33.0 Å². The highest BCUT2D eigenvalue weighted by Gasteiger charge is 2.30. The molecule has 11 nitrogen and oxygen atoms in total. The molecule has 0 aliphatic rings. The fraction of sp³-hybridized carbons (Fsp3) is 0.226. The van der Waals surface area contributed by atoms with Crippen LogP contribution in [0.3, 0.4) is 0 Å². The van der Waals surface area contributed by atoms with Gasteiger partial charge in [0.15, 0.2) is 11.2 Å². The van der Waals surface area contributed by atoms with Crippen molar-refractivity contribution in [3.63, 3.8) is 0 Å². The molecule has 0 saturated heterocycles. The van der Waals surface area contributed by atoms with Gasteiger partial charge in [-0.25, -0.2) is 13.4 Å². The number of thiazole rings is 1. The van der Waals surface area contributed by atoms with Crippen LogP contribution in [0.4, 0.5) is 10.8 Å². The average Bonchev–Trinajstić information content (AvgIpc) is 3.44. The Balaban J connectivity index is 1.64. The third kappa shape index (κ3) is 9.20. The van der Waals surface area contributed by atoms with E-state index in [0.29, 0.717) is 3.79 Å². The van der Waals surface area contributed by atoms with Crippen molar-refractivity contribution >= 4 is 65.8 Å². The highest BCUT2D eigenvalue weighted by atomic mass is 79.9. The van der Waals surface area contributed by atoms with Gasteiger partial charge in [0.2, 0.25) is 10.0 Å². The lowest BCUT2D eigenvalue weighted by Gasteiger charge is -2.24. The summed E-state index contributed by atoms with van der Waals surface area (Å²) in [6.07, 6.45) is 0.912. The summed E-state index contributed by atoms with van der Waals surface area (Å²) in [4.78, 5) is 44.1. The van der Waals surface area contributed by atoms with Crippen molar-refractivity contribution in [1.29, 1.82) is 0 Å². The van der Waals surface area contributed by atoms with Gasteiger partial charge in [-0.1, -0.05) is 72.0 Å². The molecule has 1 aromatic heterocycles. The summed E-state index contributed by atoms with van der Waals surface area (Å²) in [5, 5.41) is 19.5. The van der Waals surface area contributed by atoms with E-state index in [1.54, 1.807) is 31.2 Å². The number of carbonyl (C=O) groups is 3. The Morgan fingerprint density at radius 2 is 1.53 bits per heavy atom. The van der Waals surface area contributed by atoms with Crippen LogP contribution in [-0.2, 0) is 21.2 Å². The van der Waals surface area contributed by atoms with Gasteiger partial charge < -0.3 is 15.7 Å². The molecule has 4 aromatic rings. The first-order chi connectivity index (χ1) is 21.3. The molecule has 1 heterocycles. The van der Waals surface area contributed by atoms with Gasteiger partial charge in [0, 0.05) is 18.2 Å². The van der Waals surface area contributed by atoms with Gasteiger partial charge in [-0.15, -0.1) is 0 Å². The maximum Gasteiger partial charge on any atom is 0.257 e. The Bertz CT molecular complexity index is 1770. The first-order valence-electron chi connectivity index (χ1n) is 13.7. The molecular formula is C31H32BrN5O6S2. The second-order valence-electron chi connectivity index (χ2n) is 10.3. The second-order valence-corrected chi connectivity index (χ2v) is 14.7. The molecule has 45 heavy (non-hydrogen) atoms. The molecule has 0 bridgehead atoms. The SMILES string of the molecule is C[C@@H](NC(=O)c1cc(C(=O)N[C@@H](Cc2ccccc2)[C@@H](O)C(=O)Nc2ncc(Br)s2)cc(N(C)S(C)(=O)=O)c1)c1ccccc1. The van der Waals surface area contributed by atoms with Gasteiger partial charge in [0.1, 0.15) is 0 Å². The largest absolute Gasteiger partial charge is 0.381 e. The van der Waals surface area contributed by atoms with Gasteiger partial charge in [-0.2, -0.15) is 0 Å². The number of sulfonamides is 1. The zero-order chi connectivity index (χ0) is 32.7. The summed E-state index contributed by atoms with van der Waals surface area (Å²) < 4.78 is 26.4. The smallest absolute Gasteiger partial charge is 0.257 e. The number of aliphatic hydroxyl groups excluding tert-OH is 1. The van der Waals surface area contributed by atoms with Gasteiger partial charge >= 0.3 is 0 Å². The Hall–Kier alpha value is -4.11.